The fourth-order valence-corrected chi connectivity index (χ4v) is 10.3. The first-order valence-corrected chi connectivity index (χ1v) is 19.9. The standard InChI is InChI=1S/C53H37NS/c1-53(2)47-30-24-35-14-6-7-17-43(35)52(47)45-29-27-40(33-48(45)53)54(39-28-31-50-46(32-39)44-18-8-9-21-49(44)55-50)38-25-22-36(23-26-38)42-20-11-16-37-15-10-19-41(51(37)42)34-12-4-3-5-13-34/h3-33H,1-2H3. The fraction of sp³-hybridized carbons (Fsp3) is 0.0566. The molecule has 55 heavy (non-hydrogen) atoms. The van der Waals surface area contributed by atoms with E-state index in [0.717, 1.165) is 17.1 Å². The van der Waals surface area contributed by atoms with Gasteiger partial charge in [0.05, 0.1) is 0 Å². The molecule has 0 radical (unpaired) electrons. The highest BCUT2D eigenvalue weighted by Gasteiger charge is 2.37. The quantitative estimate of drug-likeness (QED) is 0.171. The van der Waals surface area contributed by atoms with Crippen LogP contribution in [-0.2, 0) is 5.41 Å². The van der Waals surface area contributed by atoms with Crippen molar-refractivity contribution >= 4 is 70.1 Å². The molecule has 260 valence electrons. The molecule has 10 aromatic rings. The summed E-state index contributed by atoms with van der Waals surface area (Å²) in [5.41, 5.74) is 13.7. The first-order valence-electron chi connectivity index (χ1n) is 19.1. The Morgan fingerprint density at radius 1 is 0.400 bits per heavy atom. The van der Waals surface area contributed by atoms with Gasteiger partial charge in [-0.2, -0.15) is 0 Å². The molecule has 0 unspecified atom stereocenters. The van der Waals surface area contributed by atoms with Crippen molar-refractivity contribution < 1.29 is 0 Å². The van der Waals surface area contributed by atoms with Gasteiger partial charge in [-0.1, -0.05) is 153 Å². The summed E-state index contributed by atoms with van der Waals surface area (Å²) in [5.74, 6) is 0. The van der Waals surface area contributed by atoms with Gasteiger partial charge in [-0.05, 0) is 115 Å². The minimum absolute atomic E-state index is 0.140. The van der Waals surface area contributed by atoms with Crippen molar-refractivity contribution in [3.05, 3.63) is 199 Å². The smallest absolute Gasteiger partial charge is 0.0468 e. The number of anilines is 3. The lowest BCUT2D eigenvalue weighted by Gasteiger charge is -2.28. The molecule has 0 bridgehead atoms. The maximum absolute atomic E-state index is 2.45. The predicted molar refractivity (Wildman–Crippen MR) is 237 cm³/mol. The molecule has 11 rings (SSSR count). The molecule has 0 amide bonds. The van der Waals surface area contributed by atoms with Crippen LogP contribution in [0.4, 0.5) is 17.1 Å². The van der Waals surface area contributed by atoms with E-state index in [1.165, 1.54) is 86.2 Å². The van der Waals surface area contributed by atoms with E-state index in [0.29, 0.717) is 0 Å². The van der Waals surface area contributed by atoms with Crippen LogP contribution >= 0.6 is 11.3 Å². The van der Waals surface area contributed by atoms with E-state index >= 15 is 0 Å². The molecule has 1 aromatic heterocycles. The third-order valence-corrected chi connectivity index (χ3v) is 13.0. The van der Waals surface area contributed by atoms with E-state index in [4.69, 9.17) is 0 Å². The van der Waals surface area contributed by atoms with Gasteiger partial charge in [-0.15, -0.1) is 11.3 Å². The summed E-state index contributed by atoms with van der Waals surface area (Å²) in [5, 5.41) is 7.74. The highest BCUT2D eigenvalue weighted by Crippen LogP contribution is 2.53. The monoisotopic (exact) mass is 719 g/mol. The van der Waals surface area contributed by atoms with Gasteiger partial charge in [-0.3, -0.25) is 0 Å². The normalized spacial score (nSPS) is 13.1. The summed E-state index contributed by atoms with van der Waals surface area (Å²) in [6.45, 7) is 4.76. The Labute approximate surface area is 325 Å². The Balaban J connectivity index is 1.09. The van der Waals surface area contributed by atoms with Gasteiger partial charge < -0.3 is 4.90 Å². The minimum Gasteiger partial charge on any atom is -0.310 e. The van der Waals surface area contributed by atoms with Gasteiger partial charge in [-0.25, -0.2) is 0 Å². The molecule has 9 aromatic carbocycles. The SMILES string of the molecule is CC1(C)c2cc(N(c3ccc(-c4cccc5cccc(-c6ccccc6)c45)cc3)c3ccc4sc5ccccc5c4c3)ccc2-c2c1ccc1ccccc21. The lowest BCUT2D eigenvalue weighted by Crippen LogP contribution is -2.16. The van der Waals surface area contributed by atoms with Crippen LogP contribution < -0.4 is 4.90 Å². The van der Waals surface area contributed by atoms with Crippen molar-refractivity contribution in [1.82, 2.24) is 0 Å². The van der Waals surface area contributed by atoms with E-state index in [-0.39, 0.29) is 5.41 Å². The predicted octanol–water partition coefficient (Wildman–Crippen LogP) is 15.5. The van der Waals surface area contributed by atoms with Crippen molar-refractivity contribution in [2.24, 2.45) is 0 Å². The summed E-state index contributed by atoms with van der Waals surface area (Å²) in [6.07, 6.45) is 0. The lowest BCUT2D eigenvalue weighted by molar-refractivity contribution is 0.661. The molecular formula is C53H37NS. The number of rotatable bonds is 5. The summed E-state index contributed by atoms with van der Waals surface area (Å²) >= 11 is 1.86. The maximum Gasteiger partial charge on any atom is 0.0468 e. The Hall–Kier alpha value is -6.48. The molecular weight excluding hydrogens is 683 g/mol. The Morgan fingerprint density at radius 3 is 1.82 bits per heavy atom. The van der Waals surface area contributed by atoms with E-state index < -0.39 is 0 Å². The molecule has 0 atom stereocenters. The number of benzene rings is 9. The van der Waals surface area contributed by atoms with Gasteiger partial charge in [0.25, 0.3) is 0 Å². The van der Waals surface area contributed by atoms with Crippen molar-refractivity contribution in [2.75, 3.05) is 4.90 Å². The van der Waals surface area contributed by atoms with Crippen LogP contribution in [0, 0.1) is 0 Å². The summed E-state index contributed by atoms with van der Waals surface area (Å²) in [7, 11) is 0. The number of thiophene rings is 1. The van der Waals surface area contributed by atoms with Crippen LogP contribution in [0.25, 0.3) is 75.1 Å². The molecule has 0 saturated heterocycles. The Morgan fingerprint density at radius 2 is 1.02 bits per heavy atom. The summed E-state index contributed by atoms with van der Waals surface area (Å²) < 4.78 is 2.63. The second-order valence-electron chi connectivity index (χ2n) is 15.3. The van der Waals surface area contributed by atoms with Crippen LogP contribution in [-0.4, -0.2) is 0 Å². The number of fused-ring (bicyclic) bond motifs is 9. The number of hydrogen-bond donors (Lipinski definition) is 0. The summed E-state index contributed by atoms with van der Waals surface area (Å²) in [6, 6.07) is 69.6. The molecule has 0 fully saturated rings. The minimum atomic E-state index is -0.140. The Bertz CT molecular complexity index is 3110. The molecule has 0 aliphatic heterocycles. The van der Waals surface area contributed by atoms with Crippen LogP contribution in [0.3, 0.4) is 0 Å². The topological polar surface area (TPSA) is 3.24 Å². The third-order valence-electron chi connectivity index (χ3n) is 11.9. The number of nitrogens with zero attached hydrogens (tertiary/aromatic N) is 1. The zero-order valence-electron chi connectivity index (χ0n) is 30.8. The van der Waals surface area contributed by atoms with Crippen molar-refractivity contribution in [1.29, 1.82) is 0 Å². The van der Waals surface area contributed by atoms with Crippen LogP contribution in [0.15, 0.2) is 188 Å². The van der Waals surface area contributed by atoms with E-state index in [9.17, 15) is 0 Å². The first kappa shape index (κ1) is 32.0. The molecule has 0 spiro atoms. The van der Waals surface area contributed by atoms with Crippen LogP contribution in [0.2, 0.25) is 0 Å². The lowest BCUT2D eigenvalue weighted by atomic mass is 9.82. The van der Waals surface area contributed by atoms with E-state index in [1.54, 1.807) is 0 Å². The van der Waals surface area contributed by atoms with Gasteiger partial charge in [0, 0.05) is 42.6 Å². The van der Waals surface area contributed by atoms with Gasteiger partial charge in [0.15, 0.2) is 0 Å². The van der Waals surface area contributed by atoms with Gasteiger partial charge >= 0.3 is 0 Å². The highest BCUT2D eigenvalue weighted by molar-refractivity contribution is 7.25. The molecule has 1 heterocycles. The molecule has 0 N–H and O–H groups in total. The molecule has 0 saturated carbocycles. The van der Waals surface area contributed by atoms with Gasteiger partial charge in [0.1, 0.15) is 0 Å². The zero-order valence-corrected chi connectivity index (χ0v) is 31.6. The average molecular weight is 720 g/mol. The Kier molecular flexibility index (Phi) is 7.14. The molecule has 2 heteroatoms. The molecule has 1 aliphatic rings. The largest absolute Gasteiger partial charge is 0.310 e. The molecule has 1 nitrogen and oxygen atoms in total. The second kappa shape index (κ2) is 12.3. The van der Waals surface area contributed by atoms with Crippen molar-refractivity contribution in [2.45, 2.75) is 19.3 Å². The molecule has 1 aliphatic carbocycles. The van der Waals surface area contributed by atoms with E-state index in [2.05, 4.69) is 207 Å². The van der Waals surface area contributed by atoms with Crippen molar-refractivity contribution in [3.63, 3.8) is 0 Å². The third kappa shape index (κ3) is 4.99. The van der Waals surface area contributed by atoms with Gasteiger partial charge in [0.2, 0.25) is 0 Å². The van der Waals surface area contributed by atoms with Crippen LogP contribution in [0.5, 0.6) is 0 Å². The first-order chi connectivity index (χ1) is 27.0. The average Bonchev–Trinajstić information content (AvgIpc) is 3.72. The van der Waals surface area contributed by atoms with E-state index in [1.807, 2.05) is 11.3 Å². The van der Waals surface area contributed by atoms with Crippen LogP contribution in [0.1, 0.15) is 25.0 Å². The van der Waals surface area contributed by atoms with Crippen molar-refractivity contribution in [3.8, 4) is 33.4 Å². The fourth-order valence-electron chi connectivity index (χ4n) is 9.16. The second-order valence-corrected chi connectivity index (χ2v) is 16.4. The maximum atomic E-state index is 2.45. The highest BCUT2D eigenvalue weighted by atomic mass is 32.1. The zero-order chi connectivity index (χ0) is 36.7. The summed E-state index contributed by atoms with van der Waals surface area (Å²) in [4.78, 5) is 2.45. The number of hydrogen-bond acceptors (Lipinski definition) is 2.